The molecule has 0 bridgehead atoms. The van der Waals surface area contributed by atoms with Gasteiger partial charge in [-0.05, 0) is 30.0 Å². The third kappa shape index (κ3) is 3.24. The summed E-state index contributed by atoms with van der Waals surface area (Å²) >= 11 is 0. The summed E-state index contributed by atoms with van der Waals surface area (Å²) in [6.07, 6.45) is 0.384. The predicted molar refractivity (Wildman–Crippen MR) is 80.4 cm³/mol. The van der Waals surface area contributed by atoms with Crippen molar-refractivity contribution in [3.8, 4) is 12.0 Å². The maximum atomic E-state index is 11.8. The van der Waals surface area contributed by atoms with Gasteiger partial charge in [0.15, 0.2) is 0 Å². The number of benzene rings is 2. The smallest absolute Gasteiger partial charge is 0.422 e. The van der Waals surface area contributed by atoms with E-state index in [-0.39, 0.29) is 12.1 Å². The zero-order chi connectivity index (χ0) is 14.5. The first kappa shape index (κ1) is 13.3. The molecule has 1 saturated heterocycles. The monoisotopic (exact) mass is 277 g/mol. The van der Waals surface area contributed by atoms with Crippen molar-refractivity contribution in [1.29, 1.82) is 0 Å². The van der Waals surface area contributed by atoms with Gasteiger partial charge in [-0.15, -0.1) is 0 Å². The van der Waals surface area contributed by atoms with Gasteiger partial charge in [0.05, 0.1) is 6.04 Å². The maximum Gasteiger partial charge on any atom is 0.422 e. The Hall–Kier alpha value is -2.73. The molecule has 1 aliphatic heterocycles. The van der Waals surface area contributed by atoms with E-state index in [1.807, 2.05) is 60.7 Å². The van der Waals surface area contributed by atoms with E-state index in [9.17, 15) is 4.79 Å². The Morgan fingerprint density at radius 1 is 1.05 bits per heavy atom. The Bertz CT molecular complexity index is 671. The highest BCUT2D eigenvalue weighted by Crippen LogP contribution is 2.16. The van der Waals surface area contributed by atoms with Crippen LogP contribution in [0, 0.1) is 12.0 Å². The molecule has 21 heavy (non-hydrogen) atoms. The molecule has 0 spiro atoms. The predicted octanol–water partition coefficient (Wildman–Crippen LogP) is 3.06. The number of amides is 1. The van der Waals surface area contributed by atoms with Crippen molar-refractivity contribution in [2.75, 3.05) is 6.61 Å². The minimum Gasteiger partial charge on any atom is -0.446 e. The third-order valence-electron chi connectivity index (χ3n) is 3.37. The van der Waals surface area contributed by atoms with Gasteiger partial charge in [-0.1, -0.05) is 48.5 Å². The number of carbonyl (C=O) groups excluding carboxylic acids is 1. The first-order chi connectivity index (χ1) is 10.3. The van der Waals surface area contributed by atoms with E-state index >= 15 is 0 Å². The Balaban J connectivity index is 1.76. The minimum atomic E-state index is -0.362. The lowest BCUT2D eigenvalue weighted by atomic mass is 10.1. The second kappa shape index (κ2) is 6.15. The van der Waals surface area contributed by atoms with Crippen molar-refractivity contribution in [3.05, 3.63) is 71.8 Å². The van der Waals surface area contributed by atoms with E-state index in [2.05, 4.69) is 12.0 Å². The summed E-state index contributed by atoms with van der Waals surface area (Å²) in [5.74, 6) is 3.01. The van der Waals surface area contributed by atoms with Crippen LogP contribution in [-0.2, 0) is 11.2 Å². The lowest BCUT2D eigenvalue weighted by Crippen LogP contribution is -2.30. The zero-order valence-corrected chi connectivity index (χ0v) is 11.5. The van der Waals surface area contributed by atoms with Gasteiger partial charge >= 0.3 is 6.09 Å². The van der Waals surface area contributed by atoms with Crippen LogP contribution in [0.5, 0.6) is 0 Å². The van der Waals surface area contributed by atoms with Crippen LogP contribution in [-0.4, -0.2) is 23.6 Å². The van der Waals surface area contributed by atoms with E-state index < -0.39 is 0 Å². The lowest BCUT2D eigenvalue weighted by molar-refractivity contribution is 0.167. The minimum absolute atomic E-state index is 0.0314. The Kier molecular flexibility index (Phi) is 3.88. The van der Waals surface area contributed by atoms with E-state index in [0.717, 1.165) is 12.0 Å². The maximum absolute atomic E-state index is 11.8. The normalized spacial score (nSPS) is 17.0. The number of hydrogen-bond donors (Lipinski definition) is 0. The van der Waals surface area contributed by atoms with Gasteiger partial charge in [0.25, 0.3) is 0 Å². The summed E-state index contributed by atoms with van der Waals surface area (Å²) in [7, 11) is 0. The summed E-state index contributed by atoms with van der Waals surface area (Å²) in [6, 6.07) is 22.6. The van der Waals surface area contributed by atoms with E-state index in [4.69, 9.17) is 4.74 Å². The van der Waals surface area contributed by atoms with E-state index in [0.29, 0.717) is 6.61 Å². The molecule has 0 unspecified atom stereocenters. The van der Waals surface area contributed by atoms with Gasteiger partial charge in [0, 0.05) is 11.6 Å². The van der Waals surface area contributed by atoms with Crippen molar-refractivity contribution in [1.82, 2.24) is 4.90 Å². The molecule has 0 radical (unpaired) electrons. The standard InChI is InChI=1S/C18H15NO2/c20-18-19(12-11-15-7-3-1-4-8-15)17(14-21-18)13-16-9-5-2-6-10-16/h1-10,17H,13-14H2/t17-/m1/s1. The molecule has 3 rings (SSSR count). The molecule has 104 valence electrons. The number of hydrogen-bond acceptors (Lipinski definition) is 2. The zero-order valence-electron chi connectivity index (χ0n) is 11.5. The topological polar surface area (TPSA) is 29.5 Å². The molecule has 1 aliphatic rings. The van der Waals surface area contributed by atoms with Crippen molar-refractivity contribution in [3.63, 3.8) is 0 Å². The number of ether oxygens (including phenoxy) is 1. The molecular weight excluding hydrogens is 262 g/mol. The molecule has 0 N–H and O–H groups in total. The SMILES string of the molecule is O=C1OC[C@@H](Cc2ccccc2)N1C#Cc1ccccc1. The van der Waals surface area contributed by atoms with Gasteiger partial charge in [0.1, 0.15) is 6.61 Å². The van der Waals surface area contributed by atoms with Gasteiger partial charge in [-0.2, -0.15) is 0 Å². The van der Waals surface area contributed by atoms with Crippen LogP contribution in [0.4, 0.5) is 4.79 Å². The van der Waals surface area contributed by atoms with E-state index in [1.54, 1.807) is 0 Å². The first-order valence-corrected chi connectivity index (χ1v) is 6.89. The van der Waals surface area contributed by atoms with Crippen LogP contribution in [0.15, 0.2) is 60.7 Å². The van der Waals surface area contributed by atoms with Crippen LogP contribution in [0.25, 0.3) is 0 Å². The average Bonchev–Trinajstić information content (AvgIpc) is 2.87. The summed E-state index contributed by atoms with van der Waals surface area (Å²) in [5.41, 5.74) is 2.06. The average molecular weight is 277 g/mol. The highest BCUT2D eigenvalue weighted by atomic mass is 16.6. The molecule has 0 aromatic heterocycles. The summed E-state index contributed by atoms with van der Waals surface area (Å²) in [4.78, 5) is 13.3. The van der Waals surface area contributed by atoms with Gasteiger partial charge in [-0.25, -0.2) is 9.69 Å². The largest absolute Gasteiger partial charge is 0.446 e. The van der Waals surface area contributed by atoms with E-state index in [1.165, 1.54) is 10.5 Å². The van der Waals surface area contributed by atoms with Gasteiger partial charge < -0.3 is 4.74 Å². The Morgan fingerprint density at radius 2 is 1.71 bits per heavy atom. The number of cyclic esters (lactones) is 1. The quantitative estimate of drug-likeness (QED) is 0.790. The number of rotatable bonds is 2. The van der Waals surface area contributed by atoms with Gasteiger partial charge in [0.2, 0.25) is 0 Å². The summed E-state index contributed by atoms with van der Waals surface area (Å²) in [5, 5.41) is 0. The molecule has 1 atom stereocenters. The molecule has 2 aromatic rings. The summed E-state index contributed by atoms with van der Waals surface area (Å²) < 4.78 is 5.12. The highest BCUT2D eigenvalue weighted by molar-refractivity contribution is 5.72. The second-order valence-electron chi connectivity index (χ2n) is 4.89. The van der Waals surface area contributed by atoms with Crippen LogP contribution < -0.4 is 0 Å². The molecule has 0 saturated carbocycles. The highest BCUT2D eigenvalue weighted by Gasteiger charge is 2.32. The molecule has 3 heteroatoms. The van der Waals surface area contributed by atoms with Crippen molar-refractivity contribution in [2.45, 2.75) is 12.5 Å². The second-order valence-corrected chi connectivity index (χ2v) is 4.89. The first-order valence-electron chi connectivity index (χ1n) is 6.89. The van der Waals surface area contributed by atoms with Crippen LogP contribution in [0.2, 0.25) is 0 Å². The third-order valence-corrected chi connectivity index (χ3v) is 3.37. The van der Waals surface area contributed by atoms with Crippen molar-refractivity contribution in [2.24, 2.45) is 0 Å². The van der Waals surface area contributed by atoms with Crippen LogP contribution in [0.3, 0.4) is 0 Å². The molecule has 1 fully saturated rings. The van der Waals surface area contributed by atoms with Crippen LogP contribution in [0.1, 0.15) is 11.1 Å². The molecular formula is C18H15NO2. The summed E-state index contributed by atoms with van der Waals surface area (Å²) in [6.45, 7) is 0.386. The molecule has 2 aromatic carbocycles. The fourth-order valence-electron chi connectivity index (χ4n) is 2.28. The molecule has 3 nitrogen and oxygen atoms in total. The number of nitrogens with zero attached hydrogens (tertiary/aromatic N) is 1. The van der Waals surface area contributed by atoms with Crippen molar-refractivity contribution < 1.29 is 9.53 Å². The van der Waals surface area contributed by atoms with Crippen molar-refractivity contribution >= 4 is 6.09 Å². The molecule has 0 aliphatic carbocycles. The Labute approximate surface area is 124 Å². The Morgan fingerprint density at radius 3 is 2.43 bits per heavy atom. The fourth-order valence-corrected chi connectivity index (χ4v) is 2.28. The molecule has 1 amide bonds. The lowest BCUT2D eigenvalue weighted by Gasteiger charge is -2.14. The van der Waals surface area contributed by atoms with Gasteiger partial charge in [-0.3, -0.25) is 0 Å². The van der Waals surface area contributed by atoms with Crippen LogP contribution >= 0.6 is 0 Å². The molecule has 1 heterocycles. The number of carbonyl (C=O) groups is 1. The fraction of sp³-hybridized carbons (Fsp3) is 0.167.